The van der Waals surface area contributed by atoms with Crippen molar-refractivity contribution < 1.29 is 28.7 Å². The SMILES string of the molecule is C.CC12C=CC(=O)C=C1CCC1C2CCC2(C)C1CC[C@@]21CCOC1=O.C[C@@H]1CC2=CC(=O)CCC2(C)C2CCC3(C)C(CC[C@@]34CCOC4=O)C21. The van der Waals surface area contributed by atoms with Gasteiger partial charge in [-0.05, 0) is 166 Å². The Morgan fingerprint density at radius 1 is 0.635 bits per heavy atom. The van der Waals surface area contributed by atoms with Crippen LogP contribution in [-0.2, 0) is 28.7 Å². The summed E-state index contributed by atoms with van der Waals surface area (Å²) < 4.78 is 11.0. The van der Waals surface area contributed by atoms with Crippen LogP contribution in [0.3, 0.4) is 0 Å². The smallest absolute Gasteiger partial charge is 0.312 e. The summed E-state index contributed by atoms with van der Waals surface area (Å²) in [6.45, 7) is 13.2. The van der Waals surface area contributed by atoms with Crippen LogP contribution in [0.4, 0.5) is 0 Å². The van der Waals surface area contributed by atoms with E-state index in [0.717, 1.165) is 64.2 Å². The fourth-order valence-corrected chi connectivity index (χ4v) is 16.0. The molecule has 13 atom stereocenters. The lowest BCUT2D eigenvalue weighted by atomic mass is 9.43. The molecule has 0 amide bonds. The Hall–Kier alpha value is -2.50. The van der Waals surface area contributed by atoms with Crippen molar-refractivity contribution in [2.75, 3.05) is 13.2 Å². The van der Waals surface area contributed by atoms with E-state index in [1.165, 1.54) is 43.3 Å². The van der Waals surface area contributed by atoms with Crippen LogP contribution in [0.1, 0.15) is 138 Å². The molecule has 2 heterocycles. The van der Waals surface area contributed by atoms with Crippen LogP contribution in [0, 0.1) is 73.9 Å². The Morgan fingerprint density at radius 3 is 1.87 bits per heavy atom. The first-order valence-electron chi connectivity index (χ1n) is 20.8. The van der Waals surface area contributed by atoms with Gasteiger partial charge in [0.2, 0.25) is 0 Å². The van der Waals surface area contributed by atoms with Crippen molar-refractivity contribution in [2.24, 2.45) is 73.9 Å². The Kier molecular flexibility index (Phi) is 8.42. The molecule has 6 heteroatoms. The zero-order valence-corrected chi connectivity index (χ0v) is 31.8. The number of cyclic esters (lactones) is 2. The molecule has 10 rings (SSSR count). The Bertz CT molecular complexity index is 1670. The summed E-state index contributed by atoms with van der Waals surface area (Å²) >= 11 is 0. The van der Waals surface area contributed by atoms with Gasteiger partial charge in [-0.2, -0.15) is 0 Å². The van der Waals surface area contributed by atoms with Gasteiger partial charge >= 0.3 is 11.9 Å². The lowest BCUT2D eigenvalue weighted by Crippen LogP contribution is -2.55. The Balaban J connectivity index is 0.000000146. The van der Waals surface area contributed by atoms with Gasteiger partial charge in [-0.25, -0.2) is 0 Å². The summed E-state index contributed by atoms with van der Waals surface area (Å²) in [6.07, 6.45) is 23.8. The van der Waals surface area contributed by atoms with Crippen molar-refractivity contribution in [1.82, 2.24) is 0 Å². The van der Waals surface area contributed by atoms with E-state index in [2.05, 4.69) is 40.7 Å². The molecule has 6 nitrogen and oxygen atoms in total. The van der Waals surface area contributed by atoms with Gasteiger partial charge in [-0.3, -0.25) is 19.2 Å². The molecule has 0 bridgehead atoms. The summed E-state index contributed by atoms with van der Waals surface area (Å²) in [5, 5.41) is 0. The van der Waals surface area contributed by atoms with E-state index >= 15 is 0 Å². The zero-order chi connectivity index (χ0) is 35.8. The maximum atomic E-state index is 12.8. The maximum absolute atomic E-state index is 12.8. The molecule has 2 aliphatic heterocycles. The minimum atomic E-state index is -0.210. The van der Waals surface area contributed by atoms with Crippen LogP contribution in [-0.4, -0.2) is 36.7 Å². The number of rotatable bonds is 0. The molecule has 10 unspecified atom stereocenters. The second-order valence-corrected chi connectivity index (χ2v) is 20.1. The molecule has 8 fully saturated rings. The predicted molar refractivity (Wildman–Crippen MR) is 201 cm³/mol. The van der Waals surface area contributed by atoms with Crippen LogP contribution in [0.15, 0.2) is 35.5 Å². The van der Waals surface area contributed by atoms with Crippen LogP contribution < -0.4 is 0 Å². The molecular formula is C46H64O6. The third-order valence-corrected chi connectivity index (χ3v) is 18.9. The third-order valence-electron chi connectivity index (χ3n) is 18.9. The van der Waals surface area contributed by atoms with E-state index in [1.54, 1.807) is 6.08 Å². The first-order chi connectivity index (χ1) is 24.2. The summed E-state index contributed by atoms with van der Waals surface area (Å²) in [7, 11) is 0. The van der Waals surface area contributed by atoms with Crippen LogP contribution in [0.2, 0.25) is 0 Å². The van der Waals surface area contributed by atoms with E-state index in [0.29, 0.717) is 60.4 Å². The molecule has 6 saturated carbocycles. The summed E-state index contributed by atoms with van der Waals surface area (Å²) in [6, 6.07) is 0. The highest BCUT2D eigenvalue weighted by Crippen LogP contribution is 2.73. The monoisotopic (exact) mass is 712 g/mol. The molecule has 52 heavy (non-hydrogen) atoms. The van der Waals surface area contributed by atoms with Crippen molar-refractivity contribution in [2.45, 2.75) is 138 Å². The molecule has 10 aliphatic rings. The minimum absolute atomic E-state index is 0. The first kappa shape index (κ1) is 36.5. The number of esters is 2. The predicted octanol–water partition coefficient (Wildman–Crippen LogP) is 9.56. The third kappa shape index (κ3) is 4.53. The molecule has 2 spiro atoms. The summed E-state index contributed by atoms with van der Waals surface area (Å²) in [4.78, 5) is 49.3. The number of ketones is 2. The lowest BCUT2D eigenvalue weighted by molar-refractivity contribution is -0.158. The first-order valence-corrected chi connectivity index (χ1v) is 20.8. The molecule has 284 valence electrons. The normalized spacial score (nSPS) is 51.0. The number of allylic oxidation sites excluding steroid dienone is 5. The number of ether oxygens (including phenoxy) is 2. The van der Waals surface area contributed by atoms with Crippen molar-refractivity contribution in [3.05, 3.63) is 35.5 Å². The van der Waals surface area contributed by atoms with Gasteiger partial charge in [0.25, 0.3) is 0 Å². The zero-order valence-electron chi connectivity index (χ0n) is 31.8. The molecule has 0 aromatic carbocycles. The maximum Gasteiger partial charge on any atom is 0.312 e. The second-order valence-electron chi connectivity index (χ2n) is 20.1. The molecule has 0 N–H and O–H groups in total. The fraction of sp³-hybridized carbons (Fsp3) is 0.783. The quantitative estimate of drug-likeness (QED) is 0.233. The number of carbonyl (C=O) groups is 4. The minimum Gasteiger partial charge on any atom is -0.465 e. The van der Waals surface area contributed by atoms with E-state index in [4.69, 9.17) is 9.47 Å². The summed E-state index contributed by atoms with van der Waals surface area (Å²) in [5.74, 6) is 5.20. The molecule has 2 saturated heterocycles. The molecule has 0 aromatic heterocycles. The number of hydrogen-bond acceptors (Lipinski definition) is 6. The van der Waals surface area contributed by atoms with Crippen molar-refractivity contribution in [3.8, 4) is 0 Å². The van der Waals surface area contributed by atoms with E-state index < -0.39 is 0 Å². The van der Waals surface area contributed by atoms with Crippen LogP contribution in [0.25, 0.3) is 0 Å². The standard InChI is InChI=1S/C23H32O3.C22H28O3.CH4/c1-14-12-15-13-16(24)4-7-21(15,2)17-5-8-22(3)18(19(14)17)6-9-23(22)10-11-26-20(23)25;1-20-8-5-15(23)13-14(20)3-4-16-17(20)6-9-21(2)18(16)7-10-22(21)11-12-25-19(22)24;/h13-14,17-19H,4-12H2,1-3H3;5,8,13,16-18H,3-4,6-7,9-12H2,1-2H3;1H4/t14-,17?,18?,19?,21?,22?,23+;16?,17?,18?,20?,21?,22-;/m10./s1. The lowest BCUT2D eigenvalue weighted by Gasteiger charge is -2.61. The van der Waals surface area contributed by atoms with Gasteiger partial charge in [-0.15, -0.1) is 0 Å². The van der Waals surface area contributed by atoms with Gasteiger partial charge in [0, 0.05) is 11.8 Å². The van der Waals surface area contributed by atoms with Gasteiger partial charge in [-0.1, -0.05) is 59.3 Å². The van der Waals surface area contributed by atoms with Gasteiger partial charge < -0.3 is 9.47 Å². The van der Waals surface area contributed by atoms with E-state index in [9.17, 15) is 19.2 Å². The van der Waals surface area contributed by atoms with Gasteiger partial charge in [0.15, 0.2) is 11.6 Å². The molecular weight excluding hydrogens is 649 g/mol. The van der Waals surface area contributed by atoms with Crippen molar-refractivity contribution in [3.63, 3.8) is 0 Å². The molecule has 0 aromatic rings. The van der Waals surface area contributed by atoms with Crippen molar-refractivity contribution in [1.29, 1.82) is 0 Å². The highest BCUT2D eigenvalue weighted by atomic mass is 16.5. The van der Waals surface area contributed by atoms with Gasteiger partial charge in [0.1, 0.15) is 0 Å². The molecule has 0 radical (unpaired) electrons. The number of carbonyl (C=O) groups excluding carboxylic acids is 4. The number of fused-ring (bicyclic) bond motifs is 12. The Morgan fingerprint density at radius 2 is 1.23 bits per heavy atom. The average molecular weight is 713 g/mol. The van der Waals surface area contributed by atoms with E-state index in [1.807, 2.05) is 12.2 Å². The fourth-order valence-electron chi connectivity index (χ4n) is 16.0. The van der Waals surface area contributed by atoms with Crippen molar-refractivity contribution >= 4 is 23.5 Å². The largest absolute Gasteiger partial charge is 0.465 e. The topological polar surface area (TPSA) is 86.7 Å². The van der Waals surface area contributed by atoms with Crippen LogP contribution >= 0.6 is 0 Å². The van der Waals surface area contributed by atoms with Crippen LogP contribution in [0.5, 0.6) is 0 Å². The second kappa shape index (κ2) is 12.0. The highest BCUT2D eigenvalue weighted by molar-refractivity contribution is 6.01. The summed E-state index contributed by atoms with van der Waals surface area (Å²) in [5.41, 5.74) is 2.82. The number of hydrogen-bond donors (Lipinski definition) is 0. The van der Waals surface area contributed by atoms with E-state index in [-0.39, 0.29) is 57.6 Å². The highest BCUT2D eigenvalue weighted by Gasteiger charge is 2.70. The average Bonchev–Trinajstić information content (AvgIpc) is 3.84. The Labute approximate surface area is 312 Å². The van der Waals surface area contributed by atoms with Gasteiger partial charge in [0.05, 0.1) is 24.0 Å². The molecule has 8 aliphatic carbocycles.